The summed E-state index contributed by atoms with van der Waals surface area (Å²) >= 11 is 0. The summed E-state index contributed by atoms with van der Waals surface area (Å²) in [7, 11) is 0. The van der Waals surface area contributed by atoms with Crippen LogP contribution in [0.2, 0.25) is 0 Å². The third kappa shape index (κ3) is 2.30. The summed E-state index contributed by atoms with van der Waals surface area (Å²) in [4.78, 5) is 22.8. The van der Waals surface area contributed by atoms with Gasteiger partial charge in [-0.3, -0.25) is 4.79 Å². The molecule has 1 aliphatic rings. The summed E-state index contributed by atoms with van der Waals surface area (Å²) in [6, 6.07) is 5.98. The zero-order valence-corrected chi connectivity index (χ0v) is 12.4. The van der Waals surface area contributed by atoms with E-state index in [4.69, 9.17) is 5.11 Å². The van der Waals surface area contributed by atoms with Gasteiger partial charge >= 0.3 is 5.97 Å². The SMILES string of the molecule is CC1(C)C(CNC(=O)c2ccc(C(=O)O)cc2)C1(C)C. The van der Waals surface area contributed by atoms with Crippen LogP contribution in [0.4, 0.5) is 0 Å². The van der Waals surface area contributed by atoms with E-state index in [2.05, 4.69) is 33.0 Å². The molecule has 4 heteroatoms. The average molecular weight is 275 g/mol. The van der Waals surface area contributed by atoms with Crippen LogP contribution in [0.25, 0.3) is 0 Å². The van der Waals surface area contributed by atoms with E-state index in [1.54, 1.807) is 12.1 Å². The normalized spacial score (nSPS) is 19.4. The molecule has 1 aliphatic carbocycles. The third-order valence-electron chi connectivity index (χ3n) is 5.18. The van der Waals surface area contributed by atoms with Gasteiger partial charge in [0.05, 0.1) is 5.56 Å². The topological polar surface area (TPSA) is 66.4 Å². The van der Waals surface area contributed by atoms with Gasteiger partial charge in [0.25, 0.3) is 5.91 Å². The second kappa shape index (κ2) is 4.62. The van der Waals surface area contributed by atoms with Gasteiger partial charge in [-0.25, -0.2) is 4.79 Å². The van der Waals surface area contributed by atoms with Crippen molar-refractivity contribution < 1.29 is 14.7 Å². The molecule has 1 amide bonds. The Morgan fingerprint density at radius 2 is 1.50 bits per heavy atom. The predicted molar refractivity (Wildman–Crippen MR) is 76.8 cm³/mol. The number of carboxylic acids is 1. The molecule has 2 N–H and O–H groups in total. The third-order valence-corrected chi connectivity index (χ3v) is 5.18. The number of carbonyl (C=O) groups is 2. The smallest absolute Gasteiger partial charge is 0.335 e. The molecule has 0 heterocycles. The monoisotopic (exact) mass is 275 g/mol. The summed E-state index contributed by atoms with van der Waals surface area (Å²) in [6.45, 7) is 9.51. The van der Waals surface area contributed by atoms with E-state index in [0.717, 1.165) is 0 Å². The number of carboxylic acid groups (broad SMARTS) is 1. The highest BCUT2D eigenvalue weighted by Crippen LogP contribution is 2.67. The molecule has 0 saturated heterocycles. The van der Waals surface area contributed by atoms with Crippen molar-refractivity contribution in [3.05, 3.63) is 35.4 Å². The van der Waals surface area contributed by atoms with Gasteiger partial charge in [0, 0.05) is 12.1 Å². The van der Waals surface area contributed by atoms with Crippen molar-refractivity contribution in [3.63, 3.8) is 0 Å². The largest absolute Gasteiger partial charge is 0.478 e. The number of nitrogens with one attached hydrogen (secondary N) is 1. The maximum absolute atomic E-state index is 12.0. The highest BCUT2D eigenvalue weighted by atomic mass is 16.4. The lowest BCUT2D eigenvalue weighted by molar-refractivity contribution is 0.0696. The molecule has 4 nitrogen and oxygen atoms in total. The molecule has 0 radical (unpaired) electrons. The molecule has 108 valence electrons. The van der Waals surface area contributed by atoms with Gasteiger partial charge in [-0.2, -0.15) is 0 Å². The van der Waals surface area contributed by atoms with E-state index in [1.165, 1.54) is 12.1 Å². The fourth-order valence-corrected chi connectivity index (χ4v) is 2.90. The van der Waals surface area contributed by atoms with Gasteiger partial charge in [0.2, 0.25) is 0 Å². The number of benzene rings is 1. The van der Waals surface area contributed by atoms with E-state index in [0.29, 0.717) is 18.0 Å². The maximum Gasteiger partial charge on any atom is 0.335 e. The Morgan fingerprint density at radius 1 is 1.05 bits per heavy atom. The first kappa shape index (κ1) is 14.6. The lowest BCUT2D eigenvalue weighted by atomic mass is 10.0. The van der Waals surface area contributed by atoms with Crippen LogP contribution in [0.5, 0.6) is 0 Å². The fourth-order valence-electron chi connectivity index (χ4n) is 2.90. The Balaban J connectivity index is 1.95. The molecular formula is C16H21NO3. The summed E-state index contributed by atoms with van der Waals surface area (Å²) in [5.74, 6) is -0.670. The molecule has 0 aliphatic heterocycles. The van der Waals surface area contributed by atoms with Crippen LogP contribution in [-0.2, 0) is 0 Å². The highest BCUT2D eigenvalue weighted by molar-refractivity contribution is 5.95. The summed E-state index contributed by atoms with van der Waals surface area (Å²) < 4.78 is 0. The number of rotatable bonds is 4. The molecular weight excluding hydrogens is 254 g/mol. The minimum atomic E-state index is -0.988. The van der Waals surface area contributed by atoms with E-state index in [9.17, 15) is 9.59 Å². The van der Waals surface area contributed by atoms with E-state index in [-0.39, 0.29) is 22.3 Å². The Labute approximate surface area is 119 Å². The van der Waals surface area contributed by atoms with Crippen molar-refractivity contribution in [1.29, 1.82) is 0 Å². The summed E-state index contributed by atoms with van der Waals surface area (Å²) in [5, 5.41) is 11.7. The van der Waals surface area contributed by atoms with Gasteiger partial charge in [0.15, 0.2) is 0 Å². The number of hydrogen-bond acceptors (Lipinski definition) is 2. The van der Waals surface area contributed by atoms with Gasteiger partial charge in [-0.1, -0.05) is 27.7 Å². The molecule has 0 spiro atoms. The second-order valence-corrected chi connectivity index (χ2v) is 6.59. The van der Waals surface area contributed by atoms with E-state index in [1.807, 2.05) is 0 Å². The molecule has 1 aromatic rings. The highest BCUT2D eigenvalue weighted by Gasteiger charge is 2.64. The standard InChI is InChI=1S/C16H21NO3/c1-15(2)12(16(15,3)4)9-17-13(18)10-5-7-11(8-6-10)14(19)20/h5-8,12H,9H2,1-4H3,(H,17,18)(H,19,20). The van der Waals surface area contributed by atoms with Crippen LogP contribution in [0, 0.1) is 16.7 Å². The Hall–Kier alpha value is -1.84. The van der Waals surface area contributed by atoms with Crippen molar-refractivity contribution in [2.45, 2.75) is 27.7 Å². The zero-order valence-electron chi connectivity index (χ0n) is 12.4. The van der Waals surface area contributed by atoms with Gasteiger partial charge in [-0.15, -0.1) is 0 Å². The molecule has 0 unspecified atom stereocenters. The van der Waals surface area contributed by atoms with Crippen LogP contribution in [0.15, 0.2) is 24.3 Å². The second-order valence-electron chi connectivity index (χ2n) is 6.59. The number of aromatic carboxylic acids is 1. The van der Waals surface area contributed by atoms with Crippen LogP contribution in [0.1, 0.15) is 48.4 Å². The molecule has 1 aromatic carbocycles. The van der Waals surface area contributed by atoms with Gasteiger partial charge in [-0.05, 0) is 41.0 Å². The first-order valence-corrected chi connectivity index (χ1v) is 6.79. The quantitative estimate of drug-likeness (QED) is 0.888. The van der Waals surface area contributed by atoms with Gasteiger partial charge in [0.1, 0.15) is 0 Å². The van der Waals surface area contributed by atoms with Crippen LogP contribution in [0.3, 0.4) is 0 Å². The fraction of sp³-hybridized carbons (Fsp3) is 0.500. The Bertz CT molecular complexity index is 529. The van der Waals surface area contributed by atoms with Crippen LogP contribution >= 0.6 is 0 Å². The van der Waals surface area contributed by atoms with Crippen molar-refractivity contribution in [2.75, 3.05) is 6.54 Å². The van der Waals surface area contributed by atoms with Gasteiger partial charge < -0.3 is 10.4 Å². The molecule has 1 saturated carbocycles. The average Bonchev–Trinajstić information content (AvgIpc) is 2.77. The molecule has 2 rings (SSSR count). The van der Waals surface area contributed by atoms with Crippen molar-refractivity contribution >= 4 is 11.9 Å². The van der Waals surface area contributed by atoms with Crippen molar-refractivity contribution in [1.82, 2.24) is 5.32 Å². The first-order chi connectivity index (χ1) is 9.18. The van der Waals surface area contributed by atoms with Crippen molar-refractivity contribution in [2.24, 2.45) is 16.7 Å². The predicted octanol–water partition coefficient (Wildman–Crippen LogP) is 2.80. The molecule has 0 atom stereocenters. The van der Waals surface area contributed by atoms with Crippen LogP contribution in [-0.4, -0.2) is 23.5 Å². The summed E-state index contributed by atoms with van der Waals surface area (Å²) in [5.41, 5.74) is 1.17. The van der Waals surface area contributed by atoms with E-state index >= 15 is 0 Å². The summed E-state index contributed by atoms with van der Waals surface area (Å²) in [6.07, 6.45) is 0. The van der Waals surface area contributed by atoms with Crippen LogP contribution < -0.4 is 5.32 Å². The number of amides is 1. The number of carbonyl (C=O) groups excluding carboxylic acids is 1. The Kier molecular flexibility index (Phi) is 3.36. The lowest BCUT2D eigenvalue weighted by Crippen LogP contribution is -2.27. The number of hydrogen-bond donors (Lipinski definition) is 2. The molecule has 0 aromatic heterocycles. The van der Waals surface area contributed by atoms with E-state index < -0.39 is 5.97 Å². The minimum absolute atomic E-state index is 0.152. The molecule has 1 fully saturated rings. The first-order valence-electron chi connectivity index (χ1n) is 6.79. The Morgan fingerprint density at radius 3 is 1.90 bits per heavy atom. The minimum Gasteiger partial charge on any atom is -0.478 e. The molecule has 0 bridgehead atoms. The zero-order chi connectivity index (χ0) is 15.1. The lowest BCUT2D eigenvalue weighted by Gasteiger charge is -2.06. The van der Waals surface area contributed by atoms with Crippen molar-refractivity contribution in [3.8, 4) is 0 Å². The maximum atomic E-state index is 12.0. The molecule has 20 heavy (non-hydrogen) atoms.